The molecule has 1 rings (SSSR count). The summed E-state index contributed by atoms with van der Waals surface area (Å²) in [5.41, 5.74) is 5.83. The Morgan fingerprint density at radius 3 is 2.50 bits per heavy atom. The Labute approximate surface area is 94.3 Å². The van der Waals surface area contributed by atoms with Crippen molar-refractivity contribution in [3.8, 4) is 0 Å². The molecule has 0 saturated carbocycles. The Morgan fingerprint density at radius 2 is 2.06 bits per heavy atom. The quantitative estimate of drug-likeness (QED) is 0.862. The predicted octanol–water partition coefficient (Wildman–Crippen LogP) is 1.05. The van der Waals surface area contributed by atoms with Crippen molar-refractivity contribution in [3.05, 3.63) is 17.0 Å². The molecule has 0 aliphatic heterocycles. The van der Waals surface area contributed by atoms with Gasteiger partial charge in [0.25, 0.3) is 0 Å². The van der Waals surface area contributed by atoms with Crippen molar-refractivity contribution >= 4 is 21.4 Å². The normalized spacial score (nSPS) is 13.0. The smallest absolute Gasteiger partial charge is 0.326 e. The van der Waals surface area contributed by atoms with E-state index in [0.29, 0.717) is 5.56 Å². The summed E-state index contributed by atoms with van der Waals surface area (Å²) < 4.78 is 59.5. The van der Waals surface area contributed by atoms with E-state index in [1.165, 1.54) is 16.2 Å². The maximum atomic E-state index is 11.8. The van der Waals surface area contributed by atoms with Crippen LogP contribution in [0, 0.1) is 0 Å². The molecular formula is C7H9F3N2O2S2. The molecule has 0 fully saturated rings. The van der Waals surface area contributed by atoms with Gasteiger partial charge in [-0.1, -0.05) is 0 Å². The molecule has 1 aromatic rings. The zero-order chi connectivity index (χ0) is 12.4. The van der Waals surface area contributed by atoms with E-state index in [1.807, 2.05) is 0 Å². The van der Waals surface area contributed by atoms with Gasteiger partial charge in [0.15, 0.2) is 0 Å². The molecule has 3 N–H and O–H groups in total. The summed E-state index contributed by atoms with van der Waals surface area (Å²) >= 11 is 0.834. The molecule has 0 unspecified atom stereocenters. The van der Waals surface area contributed by atoms with E-state index in [4.69, 9.17) is 5.73 Å². The lowest BCUT2D eigenvalue weighted by Gasteiger charge is -2.07. The zero-order valence-electron chi connectivity index (χ0n) is 7.91. The van der Waals surface area contributed by atoms with Crippen LogP contribution in [0.15, 0.2) is 15.7 Å². The molecule has 92 valence electrons. The lowest BCUT2D eigenvalue weighted by molar-refractivity contribution is -0.121. The van der Waals surface area contributed by atoms with Gasteiger partial charge >= 0.3 is 6.18 Å². The van der Waals surface area contributed by atoms with Crippen molar-refractivity contribution in [1.29, 1.82) is 0 Å². The van der Waals surface area contributed by atoms with Crippen LogP contribution in [0.4, 0.5) is 13.2 Å². The van der Waals surface area contributed by atoms with Crippen molar-refractivity contribution in [2.45, 2.75) is 16.9 Å². The summed E-state index contributed by atoms with van der Waals surface area (Å²) in [6, 6.07) is 1.25. The topological polar surface area (TPSA) is 72.2 Å². The highest BCUT2D eigenvalue weighted by atomic mass is 32.2. The first kappa shape index (κ1) is 13.4. The fourth-order valence-corrected chi connectivity index (χ4v) is 3.13. The summed E-state index contributed by atoms with van der Waals surface area (Å²) in [4.78, 5) is 0. The monoisotopic (exact) mass is 274 g/mol. The third-order valence-corrected chi connectivity index (χ3v) is 4.48. The van der Waals surface area contributed by atoms with Crippen LogP contribution >= 0.6 is 11.3 Å². The van der Waals surface area contributed by atoms with E-state index in [0.717, 1.165) is 11.3 Å². The summed E-state index contributed by atoms with van der Waals surface area (Å²) in [6.07, 6.45) is -4.57. The number of hydrogen-bond acceptors (Lipinski definition) is 4. The summed E-state index contributed by atoms with van der Waals surface area (Å²) in [5, 5.41) is 1.49. The molecule has 16 heavy (non-hydrogen) atoms. The van der Waals surface area contributed by atoms with Crippen LogP contribution in [0.1, 0.15) is 5.56 Å². The van der Waals surface area contributed by atoms with Crippen LogP contribution in [-0.2, 0) is 16.6 Å². The van der Waals surface area contributed by atoms with Crippen LogP contribution in [0.2, 0.25) is 0 Å². The second-order valence-corrected chi connectivity index (χ2v) is 5.82. The molecule has 0 aromatic carbocycles. The highest BCUT2D eigenvalue weighted by Crippen LogP contribution is 2.21. The van der Waals surface area contributed by atoms with Gasteiger partial charge in [-0.15, -0.1) is 11.3 Å². The highest BCUT2D eigenvalue weighted by Gasteiger charge is 2.30. The Balaban J connectivity index is 2.78. The second kappa shape index (κ2) is 4.70. The van der Waals surface area contributed by atoms with Gasteiger partial charge in [0, 0.05) is 6.54 Å². The van der Waals surface area contributed by atoms with Gasteiger partial charge in [0.05, 0.1) is 0 Å². The number of alkyl halides is 3. The van der Waals surface area contributed by atoms with Crippen molar-refractivity contribution < 1.29 is 21.6 Å². The molecule has 1 aromatic heterocycles. The van der Waals surface area contributed by atoms with Gasteiger partial charge in [0.2, 0.25) is 10.0 Å². The van der Waals surface area contributed by atoms with E-state index >= 15 is 0 Å². The predicted molar refractivity (Wildman–Crippen MR) is 53.5 cm³/mol. The number of sulfonamides is 1. The first-order chi connectivity index (χ1) is 7.24. The first-order valence-electron chi connectivity index (χ1n) is 4.08. The van der Waals surface area contributed by atoms with Gasteiger partial charge in [-0.3, -0.25) is 0 Å². The Morgan fingerprint density at radius 1 is 1.44 bits per heavy atom. The second-order valence-electron chi connectivity index (χ2n) is 2.92. The third kappa shape index (κ3) is 3.74. The summed E-state index contributed by atoms with van der Waals surface area (Å²) in [6.45, 7) is -1.43. The number of nitrogens with two attached hydrogens (primary N) is 1. The van der Waals surface area contributed by atoms with Crippen molar-refractivity contribution in [2.75, 3.05) is 6.54 Å². The van der Waals surface area contributed by atoms with Crippen LogP contribution in [0.3, 0.4) is 0 Å². The lowest BCUT2D eigenvalue weighted by Crippen LogP contribution is -2.33. The molecule has 0 radical (unpaired) electrons. The zero-order valence-corrected chi connectivity index (χ0v) is 9.55. The Kier molecular flexibility index (Phi) is 3.94. The molecule has 0 spiro atoms. The molecule has 0 aliphatic rings. The van der Waals surface area contributed by atoms with Gasteiger partial charge in [0.1, 0.15) is 10.8 Å². The van der Waals surface area contributed by atoms with E-state index < -0.39 is 22.7 Å². The Hall–Kier alpha value is -0.640. The SMILES string of the molecule is NCc1csc(S(=O)(=O)NCC(F)(F)F)c1. The minimum atomic E-state index is -4.57. The van der Waals surface area contributed by atoms with E-state index in [1.54, 1.807) is 0 Å². The minimum absolute atomic E-state index is 0.144. The highest BCUT2D eigenvalue weighted by molar-refractivity contribution is 7.91. The standard InChI is InChI=1S/C7H9F3N2O2S2/c8-7(9,10)4-12-16(13,14)6-1-5(2-11)3-15-6/h1,3,12H,2,4,11H2. The maximum Gasteiger partial charge on any atom is 0.402 e. The maximum absolute atomic E-state index is 11.8. The number of hydrogen-bond donors (Lipinski definition) is 2. The van der Waals surface area contributed by atoms with Crippen LogP contribution in [0.5, 0.6) is 0 Å². The largest absolute Gasteiger partial charge is 0.402 e. The fourth-order valence-electron chi connectivity index (χ4n) is 0.849. The molecule has 4 nitrogen and oxygen atoms in total. The van der Waals surface area contributed by atoms with Crippen LogP contribution in [-0.4, -0.2) is 21.1 Å². The number of nitrogens with one attached hydrogen (secondary N) is 1. The number of rotatable bonds is 4. The van der Waals surface area contributed by atoms with Crippen LogP contribution < -0.4 is 10.5 Å². The molecule has 0 bridgehead atoms. The molecule has 0 saturated heterocycles. The molecule has 0 atom stereocenters. The fraction of sp³-hybridized carbons (Fsp3) is 0.429. The first-order valence-corrected chi connectivity index (χ1v) is 6.45. The van der Waals surface area contributed by atoms with E-state index in [9.17, 15) is 21.6 Å². The minimum Gasteiger partial charge on any atom is -0.326 e. The van der Waals surface area contributed by atoms with Gasteiger partial charge in [-0.2, -0.15) is 13.2 Å². The average Bonchev–Trinajstić information content (AvgIpc) is 2.62. The molecule has 1 heterocycles. The number of thiophene rings is 1. The average molecular weight is 274 g/mol. The third-order valence-electron chi connectivity index (χ3n) is 1.59. The molecule has 0 amide bonds. The van der Waals surface area contributed by atoms with Gasteiger partial charge < -0.3 is 5.73 Å². The van der Waals surface area contributed by atoms with Crippen molar-refractivity contribution in [1.82, 2.24) is 4.72 Å². The molecular weight excluding hydrogens is 265 g/mol. The summed E-state index contributed by atoms with van der Waals surface area (Å²) in [5.74, 6) is 0. The van der Waals surface area contributed by atoms with Crippen LogP contribution in [0.25, 0.3) is 0 Å². The van der Waals surface area contributed by atoms with E-state index in [2.05, 4.69) is 0 Å². The van der Waals surface area contributed by atoms with E-state index in [-0.39, 0.29) is 10.8 Å². The van der Waals surface area contributed by atoms with Crippen molar-refractivity contribution in [3.63, 3.8) is 0 Å². The Bertz CT molecular complexity index is 452. The van der Waals surface area contributed by atoms with Gasteiger partial charge in [-0.25, -0.2) is 13.1 Å². The molecule has 0 aliphatic carbocycles. The van der Waals surface area contributed by atoms with Crippen molar-refractivity contribution in [2.24, 2.45) is 5.73 Å². The number of halogens is 3. The summed E-state index contributed by atoms with van der Waals surface area (Å²) in [7, 11) is -4.09. The lowest BCUT2D eigenvalue weighted by atomic mass is 10.4. The van der Waals surface area contributed by atoms with Gasteiger partial charge in [-0.05, 0) is 17.0 Å². The molecule has 9 heteroatoms.